The highest BCUT2D eigenvalue weighted by Gasteiger charge is 2.30. The molecular formula is C12H17Cl2N3. The van der Waals surface area contributed by atoms with Crippen LogP contribution in [0, 0.1) is 11.8 Å². The van der Waals surface area contributed by atoms with Crippen molar-refractivity contribution < 1.29 is 0 Å². The number of hydrogen-bond donors (Lipinski definition) is 0. The lowest BCUT2D eigenvalue weighted by Crippen LogP contribution is -2.46. The Kier molecular flexibility index (Phi) is 3.79. The van der Waals surface area contributed by atoms with Crippen molar-refractivity contribution in [1.29, 1.82) is 0 Å². The fourth-order valence-electron chi connectivity index (χ4n) is 2.58. The van der Waals surface area contributed by atoms with Crippen molar-refractivity contribution >= 4 is 28.9 Å². The summed E-state index contributed by atoms with van der Waals surface area (Å²) < 4.78 is 0. The van der Waals surface area contributed by atoms with Gasteiger partial charge in [-0.25, -0.2) is 0 Å². The van der Waals surface area contributed by atoms with Crippen LogP contribution in [0.3, 0.4) is 0 Å². The summed E-state index contributed by atoms with van der Waals surface area (Å²) >= 11 is 12.0. The molecule has 2 rings (SSSR count). The Morgan fingerprint density at radius 3 is 2.65 bits per heavy atom. The quantitative estimate of drug-likeness (QED) is 0.782. The third-order valence-electron chi connectivity index (χ3n) is 3.61. The summed E-state index contributed by atoms with van der Waals surface area (Å²) in [5.74, 6) is 1.30. The number of aromatic nitrogens is 2. The number of rotatable bonds is 1. The normalized spacial score (nSPS) is 29.5. The van der Waals surface area contributed by atoms with E-state index in [1.54, 1.807) is 6.07 Å². The summed E-state index contributed by atoms with van der Waals surface area (Å²) in [4.78, 5) is 2.29. The second-order valence-corrected chi connectivity index (χ2v) is 5.80. The van der Waals surface area contributed by atoms with E-state index in [0.29, 0.717) is 28.2 Å². The van der Waals surface area contributed by atoms with Gasteiger partial charge >= 0.3 is 0 Å². The molecule has 1 aromatic heterocycles. The summed E-state index contributed by atoms with van der Waals surface area (Å²) in [6, 6.07) is 2.25. The van der Waals surface area contributed by atoms with Gasteiger partial charge in [-0.1, -0.05) is 37.0 Å². The Morgan fingerprint density at radius 1 is 1.24 bits per heavy atom. The first-order valence-corrected chi connectivity index (χ1v) is 6.70. The van der Waals surface area contributed by atoms with Gasteiger partial charge in [0.05, 0.1) is 5.69 Å². The van der Waals surface area contributed by atoms with Crippen LogP contribution in [0.15, 0.2) is 6.07 Å². The molecule has 3 unspecified atom stereocenters. The zero-order valence-corrected chi connectivity index (χ0v) is 11.8. The molecule has 17 heavy (non-hydrogen) atoms. The molecule has 1 aliphatic heterocycles. The van der Waals surface area contributed by atoms with Gasteiger partial charge in [-0.05, 0) is 25.2 Å². The average molecular weight is 274 g/mol. The Balaban J connectivity index is 2.34. The molecule has 3 atom stereocenters. The fourth-order valence-corrected chi connectivity index (χ4v) is 2.92. The zero-order valence-electron chi connectivity index (χ0n) is 10.3. The minimum atomic E-state index is 0.391. The van der Waals surface area contributed by atoms with E-state index in [1.807, 2.05) is 0 Å². The van der Waals surface area contributed by atoms with Crippen LogP contribution in [0.4, 0.5) is 5.69 Å². The van der Waals surface area contributed by atoms with E-state index in [1.165, 1.54) is 6.42 Å². The Morgan fingerprint density at radius 2 is 1.94 bits per heavy atom. The predicted octanol–water partition coefficient (Wildman–Crippen LogP) is 3.65. The highest BCUT2D eigenvalue weighted by Crippen LogP contribution is 2.34. The van der Waals surface area contributed by atoms with Crippen molar-refractivity contribution in [2.75, 3.05) is 11.4 Å². The van der Waals surface area contributed by atoms with Crippen molar-refractivity contribution in [3.8, 4) is 0 Å². The Labute approximate surface area is 112 Å². The van der Waals surface area contributed by atoms with Gasteiger partial charge in [-0.3, -0.25) is 0 Å². The topological polar surface area (TPSA) is 29.0 Å². The molecule has 0 N–H and O–H groups in total. The lowest BCUT2D eigenvalue weighted by atomic mass is 9.86. The third-order valence-corrected chi connectivity index (χ3v) is 4.06. The van der Waals surface area contributed by atoms with Crippen molar-refractivity contribution in [3.63, 3.8) is 0 Å². The number of hydrogen-bond acceptors (Lipinski definition) is 3. The number of piperidine rings is 1. The van der Waals surface area contributed by atoms with Crippen LogP contribution in [0.25, 0.3) is 0 Å². The summed E-state index contributed by atoms with van der Waals surface area (Å²) in [5, 5.41) is 8.46. The molecule has 0 spiro atoms. The van der Waals surface area contributed by atoms with Gasteiger partial charge in [-0.2, -0.15) is 0 Å². The number of nitrogens with zero attached hydrogens (tertiary/aromatic N) is 3. The molecular weight excluding hydrogens is 257 g/mol. The van der Waals surface area contributed by atoms with E-state index in [0.717, 1.165) is 12.2 Å². The van der Waals surface area contributed by atoms with Crippen LogP contribution in [0.1, 0.15) is 27.2 Å². The van der Waals surface area contributed by atoms with Crippen LogP contribution in [0.5, 0.6) is 0 Å². The van der Waals surface area contributed by atoms with Crippen LogP contribution < -0.4 is 4.90 Å². The maximum atomic E-state index is 6.12. The van der Waals surface area contributed by atoms with Gasteiger partial charge < -0.3 is 4.90 Å². The monoisotopic (exact) mass is 273 g/mol. The summed E-state index contributed by atoms with van der Waals surface area (Å²) in [6.45, 7) is 7.76. The van der Waals surface area contributed by atoms with Gasteiger partial charge in [0.15, 0.2) is 10.3 Å². The molecule has 2 heterocycles. The SMILES string of the molecule is CC1CC(C)C(C)N(c2cc(Cl)nnc2Cl)C1. The summed E-state index contributed by atoms with van der Waals surface area (Å²) in [6.07, 6.45) is 1.25. The van der Waals surface area contributed by atoms with Crippen molar-refractivity contribution in [1.82, 2.24) is 10.2 Å². The third kappa shape index (κ3) is 2.66. The first kappa shape index (κ1) is 12.9. The van der Waals surface area contributed by atoms with E-state index in [-0.39, 0.29) is 0 Å². The first-order chi connectivity index (χ1) is 7.99. The molecule has 94 valence electrons. The molecule has 1 fully saturated rings. The van der Waals surface area contributed by atoms with Crippen LogP contribution in [-0.2, 0) is 0 Å². The second-order valence-electron chi connectivity index (χ2n) is 5.05. The molecule has 1 saturated heterocycles. The molecule has 3 nitrogen and oxygen atoms in total. The number of anilines is 1. The minimum absolute atomic E-state index is 0.391. The predicted molar refractivity (Wildman–Crippen MR) is 71.8 cm³/mol. The molecule has 0 aliphatic carbocycles. The number of halogens is 2. The molecule has 0 bridgehead atoms. The van der Waals surface area contributed by atoms with Gasteiger partial charge in [0.2, 0.25) is 0 Å². The first-order valence-electron chi connectivity index (χ1n) is 5.94. The standard InChI is InChI=1S/C12H17Cl2N3/c1-7-4-8(2)9(3)17(6-7)10-5-11(13)15-16-12(10)14/h5,7-9H,4,6H2,1-3H3. The second kappa shape index (κ2) is 4.99. The molecule has 0 aromatic carbocycles. The zero-order chi connectivity index (χ0) is 12.6. The fraction of sp³-hybridized carbons (Fsp3) is 0.667. The van der Waals surface area contributed by atoms with E-state index in [9.17, 15) is 0 Å². The van der Waals surface area contributed by atoms with E-state index >= 15 is 0 Å². The lowest BCUT2D eigenvalue weighted by Gasteiger charge is -2.42. The maximum Gasteiger partial charge on any atom is 0.175 e. The molecule has 1 aromatic rings. The van der Waals surface area contributed by atoms with E-state index in [4.69, 9.17) is 23.2 Å². The van der Waals surface area contributed by atoms with E-state index < -0.39 is 0 Å². The maximum absolute atomic E-state index is 6.12. The van der Waals surface area contributed by atoms with Crippen molar-refractivity contribution in [2.24, 2.45) is 11.8 Å². The smallest absolute Gasteiger partial charge is 0.175 e. The minimum Gasteiger partial charge on any atom is -0.366 e. The van der Waals surface area contributed by atoms with Gasteiger partial charge in [0.25, 0.3) is 0 Å². The van der Waals surface area contributed by atoms with Crippen LogP contribution in [-0.4, -0.2) is 22.8 Å². The highest BCUT2D eigenvalue weighted by atomic mass is 35.5. The highest BCUT2D eigenvalue weighted by molar-refractivity contribution is 6.33. The van der Waals surface area contributed by atoms with E-state index in [2.05, 4.69) is 35.9 Å². The van der Waals surface area contributed by atoms with Crippen molar-refractivity contribution in [2.45, 2.75) is 33.2 Å². The van der Waals surface area contributed by atoms with Crippen LogP contribution >= 0.6 is 23.2 Å². The lowest BCUT2D eigenvalue weighted by molar-refractivity contribution is 0.297. The Bertz CT molecular complexity index is 411. The van der Waals surface area contributed by atoms with Gasteiger partial charge in [0.1, 0.15) is 0 Å². The largest absolute Gasteiger partial charge is 0.366 e. The molecule has 5 heteroatoms. The molecule has 0 amide bonds. The molecule has 0 saturated carbocycles. The van der Waals surface area contributed by atoms with Gasteiger partial charge in [0, 0.05) is 18.7 Å². The molecule has 1 aliphatic rings. The Hall–Kier alpha value is -0.540. The summed E-state index contributed by atoms with van der Waals surface area (Å²) in [7, 11) is 0. The molecule has 0 radical (unpaired) electrons. The van der Waals surface area contributed by atoms with Crippen LogP contribution in [0.2, 0.25) is 10.3 Å². The van der Waals surface area contributed by atoms with Gasteiger partial charge in [-0.15, -0.1) is 10.2 Å². The average Bonchev–Trinajstić information content (AvgIpc) is 2.27. The summed E-state index contributed by atoms with van der Waals surface area (Å²) in [5.41, 5.74) is 0.901. The van der Waals surface area contributed by atoms with Crippen molar-refractivity contribution in [3.05, 3.63) is 16.4 Å².